The summed E-state index contributed by atoms with van der Waals surface area (Å²) in [6, 6.07) is 1.87. The van der Waals surface area contributed by atoms with Gasteiger partial charge in [0.2, 0.25) is 0 Å². The van der Waals surface area contributed by atoms with Gasteiger partial charge in [-0.1, -0.05) is 0 Å². The Bertz CT molecular complexity index is 708. The Morgan fingerprint density at radius 1 is 1.16 bits per heavy atom. The van der Waals surface area contributed by atoms with E-state index in [0.717, 1.165) is 12.1 Å². The second-order valence-electron chi connectivity index (χ2n) is 4.25. The van der Waals surface area contributed by atoms with Crippen LogP contribution in [0.15, 0.2) is 21.0 Å². The Morgan fingerprint density at radius 3 is 1.96 bits per heavy atom. The number of hydrogen-bond acceptors (Lipinski definition) is 7. The summed E-state index contributed by atoms with van der Waals surface area (Å²) in [5, 5.41) is 29.3. The lowest BCUT2D eigenvalue weighted by atomic mass is 10.2. The molecule has 13 heteroatoms. The maximum absolute atomic E-state index is 12.3. The van der Waals surface area contributed by atoms with Crippen LogP contribution in [-0.4, -0.2) is 56.5 Å². The molecule has 0 unspecified atom stereocenters. The third-order valence-corrected chi connectivity index (χ3v) is 4.22. The quantitative estimate of drug-likeness (QED) is 0.425. The molecular formula is C12H12BrF3NO7S-. The molecule has 25 heavy (non-hydrogen) atoms. The summed E-state index contributed by atoms with van der Waals surface area (Å²) in [5.74, 6) is -1.90. The van der Waals surface area contributed by atoms with Crippen molar-refractivity contribution in [1.82, 2.24) is 0 Å². The molecule has 1 aromatic carbocycles. The van der Waals surface area contributed by atoms with Gasteiger partial charge in [0.15, 0.2) is 0 Å². The van der Waals surface area contributed by atoms with Crippen LogP contribution in [0.25, 0.3) is 0 Å². The number of sulfonamides is 1. The summed E-state index contributed by atoms with van der Waals surface area (Å²) >= 11 is 3.06. The van der Waals surface area contributed by atoms with Crippen molar-refractivity contribution in [1.29, 1.82) is 0 Å². The van der Waals surface area contributed by atoms with E-state index in [1.165, 1.54) is 0 Å². The van der Waals surface area contributed by atoms with Gasteiger partial charge in [-0.2, -0.15) is 26.0 Å². The molecule has 0 bridgehead atoms. The fourth-order valence-electron chi connectivity index (χ4n) is 1.43. The topological polar surface area (TPSA) is 128 Å². The first-order valence-electron chi connectivity index (χ1n) is 6.43. The first-order chi connectivity index (χ1) is 11.5. The molecule has 0 amide bonds. The Morgan fingerprint density at radius 2 is 1.60 bits per heavy atom. The van der Waals surface area contributed by atoms with Gasteiger partial charge in [0.25, 0.3) is 0 Å². The number of alkyl halides is 3. The lowest BCUT2D eigenvalue weighted by molar-refractivity contribution is -0.212. The predicted octanol–water partition coefficient (Wildman–Crippen LogP) is 0.148. The number of aliphatic hydroxyl groups is 2. The van der Waals surface area contributed by atoms with E-state index >= 15 is 0 Å². The summed E-state index contributed by atoms with van der Waals surface area (Å²) in [7, 11) is -6.01. The molecule has 0 fully saturated rings. The minimum Gasteiger partial charge on any atom is -0.858 e. The molecule has 0 aliphatic rings. The Labute approximate surface area is 148 Å². The van der Waals surface area contributed by atoms with Gasteiger partial charge in [0, 0.05) is 5.90 Å². The molecule has 1 aromatic rings. The van der Waals surface area contributed by atoms with Gasteiger partial charge in [0.05, 0.1) is 13.2 Å². The average molecular weight is 451 g/mol. The number of aliphatic hydroxyl groups excluding tert-OH is 2. The van der Waals surface area contributed by atoms with Crippen molar-refractivity contribution in [3.05, 3.63) is 22.2 Å². The maximum Gasteiger partial charge on any atom is 0.518 e. The summed E-state index contributed by atoms with van der Waals surface area (Å²) < 4.78 is 71.4. The summed E-state index contributed by atoms with van der Waals surface area (Å²) in [5.41, 5.74) is -6.28. The van der Waals surface area contributed by atoms with E-state index in [1.807, 2.05) is 0 Å². The number of halogens is 4. The van der Waals surface area contributed by atoms with E-state index in [0.29, 0.717) is 0 Å². The highest BCUT2D eigenvalue weighted by atomic mass is 79.9. The molecule has 142 valence electrons. The highest BCUT2D eigenvalue weighted by Crippen LogP contribution is 2.36. The van der Waals surface area contributed by atoms with Crippen molar-refractivity contribution in [2.24, 2.45) is 4.40 Å². The maximum atomic E-state index is 12.3. The van der Waals surface area contributed by atoms with E-state index in [1.54, 1.807) is 0 Å². The van der Waals surface area contributed by atoms with E-state index in [4.69, 9.17) is 19.7 Å². The van der Waals surface area contributed by atoms with E-state index in [9.17, 15) is 26.7 Å². The fraction of sp³-hybridized carbons (Fsp3) is 0.417. The molecule has 0 radical (unpaired) electrons. The van der Waals surface area contributed by atoms with Gasteiger partial charge in [-0.05, 0) is 33.6 Å². The zero-order chi connectivity index (χ0) is 19.3. The highest BCUT2D eigenvalue weighted by molar-refractivity contribution is 9.10. The van der Waals surface area contributed by atoms with Gasteiger partial charge >= 0.3 is 15.5 Å². The number of ether oxygens (including phenoxy) is 2. The van der Waals surface area contributed by atoms with Crippen molar-refractivity contribution in [2.75, 3.05) is 26.4 Å². The third kappa shape index (κ3) is 5.73. The molecule has 0 heterocycles. The van der Waals surface area contributed by atoms with Crippen molar-refractivity contribution in [2.45, 2.75) is 5.51 Å². The molecule has 0 aromatic heterocycles. The van der Waals surface area contributed by atoms with Gasteiger partial charge in [-0.15, -0.1) is 0 Å². The largest absolute Gasteiger partial charge is 0.858 e. The zero-order valence-electron chi connectivity index (χ0n) is 12.3. The summed E-state index contributed by atoms with van der Waals surface area (Å²) in [6.07, 6.45) is 0. The lowest BCUT2D eigenvalue weighted by Crippen LogP contribution is -2.27. The van der Waals surface area contributed by atoms with Gasteiger partial charge in [-0.25, -0.2) is 0 Å². The first-order valence-corrected chi connectivity index (χ1v) is 8.66. The average Bonchev–Trinajstić information content (AvgIpc) is 2.51. The number of rotatable bonds is 8. The van der Waals surface area contributed by atoms with Gasteiger partial charge < -0.3 is 24.8 Å². The van der Waals surface area contributed by atoms with Crippen LogP contribution in [0.5, 0.6) is 11.5 Å². The van der Waals surface area contributed by atoms with Crippen LogP contribution in [0.3, 0.4) is 0 Å². The lowest BCUT2D eigenvalue weighted by Gasteiger charge is -2.17. The van der Waals surface area contributed by atoms with Crippen molar-refractivity contribution in [3.8, 4) is 11.5 Å². The molecule has 8 nitrogen and oxygen atoms in total. The molecule has 0 aliphatic carbocycles. The minimum atomic E-state index is -6.01. The van der Waals surface area contributed by atoms with Crippen molar-refractivity contribution < 1.29 is 46.4 Å². The standard InChI is InChI=1S/C12H13BrF3NO7S/c13-10-8(23-3-1-18)5-7(6-9(10)24-4-2-19)11(20)17-25(21,22)12(14,15)16/h5-6,18-19H,1-4H2,(H,17,20)/p-1. The number of hydrogen-bond donors (Lipinski definition) is 2. The van der Waals surface area contributed by atoms with Crippen LogP contribution in [0, 0.1) is 0 Å². The molecule has 0 saturated heterocycles. The fourth-order valence-corrected chi connectivity index (χ4v) is 2.32. The Hall–Kier alpha value is -1.57. The Balaban J connectivity index is 3.38. The minimum absolute atomic E-state index is 0.104. The third-order valence-electron chi connectivity index (χ3n) is 2.45. The van der Waals surface area contributed by atoms with Crippen LogP contribution < -0.4 is 14.6 Å². The Kier molecular flexibility index (Phi) is 7.46. The summed E-state index contributed by atoms with van der Waals surface area (Å²) in [4.78, 5) is 0. The molecular weight excluding hydrogens is 439 g/mol. The number of benzene rings is 1. The molecule has 0 spiro atoms. The van der Waals surface area contributed by atoms with Crippen LogP contribution in [0.2, 0.25) is 0 Å². The molecule has 0 saturated carbocycles. The van der Waals surface area contributed by atoms with Crippen molar-refractivity contribution >= 4 is 31.9 Å². The second kappa shape index (κ2) is 8.69. The molecule has 1 rings (SSSR count). The van der Waals surface area contributed by atoms with Crippen LogP contribution in [0.1, 0.15) is 5.56 Å². The normalized spacial score (nSPS) is 13.0. The zero-order valence-corrected chi connectivity index (χ0v) is 14.7. The van der Waals surface area contributed by atoms with E-state index in [2.05, 4.69) is 20.3 Å². The SMILES string of the molecule is O=S(=O)(/N=C(\[O-])c1cc(OCCO)c(Br)c(OCCO)c1)C(F)(F)F. The van der Waals surface area contributed by atoms with Crippen LogP contribution in [-0.2, 0) is 10.0 Å². The molecule has 0 aliphatic heterocycles. The van der Waals surface area contributed by atoms with Crippen LogP contribution in [0.4, 0.5) is 13.2 Å². The molecule has 0 atom stereocenters. The number of nitrogens with zero attached hydrogens (tertiary/aromatic N) is 1. The van der Waals surface area contributed by atoms with Gasteiger partial charge in [0.1, 0.15) is 29.2 Å². The molecule has 2 N–H and O–H groups in total. The smallest absolute Gasteiger partial charge is 0.518 e. The predicted molar refractivity (Wildman–Crippen MR) is 80.8 cm³/mol. The van der Waals surface area contributed by atoms with Crippen LogP contribution >= 0.6 is 15.9 Å². The van der Waals surface area contributed by atoms with E-state index < -0.39 is 40.2 Å². The highest BCUT2D eigenvalue weighted by Gasteiger charge is 2.45. The second-order valence-corrected chi connectivity index (χ2v) is 6.64. The first kappa shape index (κ1) is 21.5. The van der Waals surface area contributed by atoms with Crippen molar-refractivity contribution in [3.63, 3.8) is 0 Å². The van der Waals surface area contributed by atoms with Gasteiger partial charge in [-0.3, -0.25) is 0 Å². The summed E-state index contributed by atoms with van der Waals surface area (Å²) in [6.45, 7) is -1.23. The monoisotopic (exact) mass is 450 g/mol. The van der Waals surface area contributed by atoms with E-state index in [-0.39, 0.29) is 29.2 Å².